The van der Waals surface area contributed by atoms with Crippen LogP contribution in [0, 0.1) is 25.1 Å². The van der Waals surface area contributed by atoms with Gasteiger partial charge in [-0.25, -0.2) is 13.9 Å². The van der Waals surface area contributed by atoms with Gasteiger partial charge in [0.05, 0.1) is 11.3 Å². The monoisotopic (exact) mass is 462 g/mol. The summed E-state index contributed by atoms with van der Waals surface area (Å²) in [4.78, 5) is 26.4. The molecule has 3 amide bonds. The highest BCUT2D eigenvalue weighted by Crippen LogP contribution is 2.50. The second-order valence-electron chi connectivity index (χ2n) is 8.36. The quantitative estimate of drug-likeness (QED) is 0.448. The molecule has 1 aromatic heterocycles. The van der Waals surface area contributed by atoms with Crippen LogP contribution in [0.3, 0.4) is 0 Å². The summed E-state index contributed by atoms with van der Waals surface area (Å²) in [6, 6.07) is 11.7. The SMILES string of the molecule is C#Cc1ccc([N+]2(C(N)=O)C[C@H](OC)C[C@]2(C(N)=O)c2ccc(-n3nccc3C)cc2F)cc1. The van der Waals surface area contributed by atoms with Crippen LogP contribution >= 0.6 is 0 Å². The molecule has 9 heteroatoms. The van der Waals surface area contributed by atoms with Crippen molar-refractivity contribution in [3.8, 4) is 18.0 Å². The van der Waals surface area contributed by atoms with E-state index in [1.165, 1.54) is 19.2 Å². The second-order valence-corrected chi connectivity index (χ2v) is 8.36. The summed E-state index contributed by atoms with van der Waals surface area (Å²) in [5, 5.41) is 4.20. The van der Waals surface area contributed by atoms with Gasteiger partial charge in [-0.15, -0.1) is 6.42 Å². The molecule has 1 aliphatic rings. The zero-order chi connectivity index (χ0) is 24.7. The predicted molar refractivity (Wildman–Crippen MR) is 125 cm³/mol. The molecule has 0 saturated carbocycles. The molecule has 4 rings (SSSR count). The number of primary amides is 2. The van der Waals surface area contributed by atoms with E-state index in [2.05, 4.69) is 11.0 Å². The number of aryl methyl sites for hydroxylation is 1. The maximum atomic E-state index is 15.8. The van der Waals surface area contributed by atoms with E-state index in [1.807, 2.05) is 6.92 Å². The van der Waals surface area contributed by atoms with Crippen molar-refractivity contribution in [1.29, 1.82) is 0 Å². The van der Waals surface area contributed by atoms with Gasteiger partial charge in [0.2, 0.25) is 5.54 Å². The van der Waals surface area contributed by atoms with Crippen LogP contribution in [-0.4, -0.2) is 41.5 Å². The number of aromatic nitrogens is 2. The lowest BCUT2D eigenvalue weighted by atomic mass is 9.83. The van der Waals surface area contributed by atoms with Crippen molar-refractivity contribution in [3.05, 3.63) is 77.4 Å². The molecule has 0 radical (unpaired) electrons. The summed E-state index contributed by atoms with van der Waals surface area (Å²) in [7, 11) is 1.46. The van der Waals surface area contributed by atoms with E-state index >= 15 is 4.39 Å². The molecule has 0 bridgehead atoms. The number of nitrogens with zero attached hydrogens (tertiary/aromatic N) is 3. The molecule has 1 saturated heterocycles. The number of urea groups is 1. The number of nitrogens with two attached hydrogens (primary N) is 2. The van der Waals surface area contributed by atoms with Crippen LogP contribution in [0.25, 0.3) is 5.69 Å². The molecule has 3 atom stereocenters. The molecule has 4 N–H and O–H groups in total. The van der Waals surface area contributed by atoms with Crippen LogP contribution in [-0.2, 0) is 15.1 Å². The summed E-state index contributed by atoms with van der Waals surface area (Å²) >= 11 is 0. The van der Waals surface area contributed by atoms with E-state index in [9.17, 15) is 9.59 Å². The van der Waals surface area contributed by atoms with Crippen LogP contribution in [0.2, 0.25) is 0 Å². The van der Waals surface area contributed by atoms with Crippen LogP contribution in [0.1, 0.15) is 23.2 Å². The number of hydrogen-bond acceptors (Lipinski definition) is 4. The number of carbonyl (C=O) groups is 2. The minimum absolute atomic E-state index is 0.0103. The molecule has 2 aromatic carbocycles. The van der Waals surface area contributed by atoms with Gasteiger partial charge in [-0.1, -0.05) is 5.92 Å². The Morgan fingerprint density at radius 3 is 2.44 bits per heavy atom. The first-order valence-electron chi connectivity index (χ1n) is 10.6. The summed E-state index contributed by atoms with van der Waals surface area (Å²) in [6.45, 7) is 1.82. The highest BCUT2D eigenvalue weighted by molar-refractivity contribution is 5.99. The van der Waals surface area contributed by atoms with Gasteiger partial charge >= 0.3 is 6.03 Å². The lowest BCUT2D eigenvalue weighted by Gasteiger charge is -2.42. The highest BCUT2D eigenvalue weighted by Gasteiger charge is 2.69. The van der Waals surface area contributed by atoms with E-state index in [0.29, 0.717) is 16.9 Å². The summed E-state index contributed by atoms with van der Waals surface area (Å²) in [5.41, 5.74) is 12.2. The van der Waals surface area contributed by atoms with Crippen molar-refractivity contribution in [2.45, 2.75) is 25.0 Å². The maximum Gasteiger partial charge on any atom is 0.420 e. The van der Waals surface area contributed by atoms with Gasteiger partial charge in [-0.3, -0.25) is 4.79 Å². The van der Waals surface area contributed by atoms with Gasteiger partial charge in [0, 0.05) is 49.2 Å². The van der Waals surface area contributed by atoms with E-state index in [4.69, 9.17) is 22.6 Å². The number of terminal acetylenes is 1. The first kappa shape index (κ1) is 23.2. The molecule has 174 valence electrons. The van der Waals surface area contributed by atoms with Crippen molar-refractivity contribution in [2.75, 3.05) is 13.7 Å². The average Bonchev–Trinajstić information content (AvgIpc) is 3.41. The second kappa shape index (κ2) is 8.41. The number of halogens is 1. The Balaban J connectivity index is 2.00. The molecule has 0 spiro atoms. The molecular formula is C25H25FN5O3+. The fraction of sp³-hybridized carbons (Fsp3) is 0.240. The number of amides is 3. The van der Waals surface area contributed by atoms with E-state index in [-0.39, 0.29) is 18.5 Å². The Morgan fingerprint density at radius 2 is 1.94 bits per heavy atom. The molecule has 34 heavy (non-hydrogen) atoms. The van der Waals surface area contributed by atoms with Crippen LogP contribution in [0.4, 0.5) is 14.9 Å². The van der Waals surface area contributed by atoms with Crippen molar-refractivity contribution in [2.24, 2.45) is 11.5 Å². The summed E-state index contributed by atoms with van der Waals surface area (Å²) in [6.07, 6.45) is 6.42. The first-order valence-corrected chi connectivity index (χ1v) is 10.6. The lowest BCUT2D eigenvalue weighted by Crippen LogP contribution is -2.70. The Morgan fingerprint density at radius 1 is 1.24 bits per heavy atom. The Hall–Kier alpha value is -4.00. The smallest absolute Gasteiger partial charge is 0.375 e. The fourth-order valence-corrected chi connectivity index (χ4v) is 5.06. The van der Waals surface area contributed by atoms with Crippen molar-refractivity contribution < 1.29 is 18.7 Å². The predicted octanol–water partition coefficient (Wildman–Crippen LogP) is 2.49. The summed E-state index contributed by atoms with van der Waals surface area (Å²) < 4.78 is 22.2. The number of benzene rings is 2. The number of methoxy groups -OCH3 is 1. The fourth-order valence-electron chi connectivity index (χ4n) is 5.06. The number of carbonyl (C=O) groups excluding carboxylic acids is 2. The number of rotatable bonds is 5. The van der Waals surface area contributed by atoms with Crippen molar-refractivity contribution >= 4 is 17.6 Å². The van der Waals surface area contributed by atoms with Crippen LogP contribution in [0.5, 0.6) is 0 Å². The molecule has 2 heterocycles. The molecule has 1 aliphatic heterocycles. The standard InChI is InChI=1S/C25H24FN5O3/c1-4-17-5-8-19(9-6-17)31(24(28)33)15-20(34-3)14-25(31,23(27)32)21-10-7-18(13-22(21)26)30-16(2)11-12-29-30/h1,5-13,20H,14-15H2,2-3H3,(H3-,27,28,32,33)/p+1/t20-,25-,31?/m1/s1. The van der Waals surface area contributed by atoms with Crippen LogP contribution < -0.4 is 16.0 Å². The van der Waals surface area contributed by atoms with Crippen molar-refractivity contribution in [3.63, 3.8) is 0 Å². The van der Waals surface area contributed by atoms with Gasteiger partial charge in [-0.05, 0) is 37.3 Å². The van der Waals surface area contributed by atoms with Gasteiger partial charge in [0.15, 0.2) is 0 Å². The Labute approximate surface area is 196 Å². The zero-order valence-corrected chi connectivity index (χ0v) is 18.9. The first-order chi connectivity index (χ1) is 16.2. The van der Waals surface area contributed by atoms with Crippen LogP contribution in [0.15, 0.2) is 54.7 Å². The largest absolute Gasteiger partial charge is 0.420 e. The van der Waals surface area contributed by atoms with Crippen molar-refractivity contribution in [1.82, 2.24) is 14.3 Å². The topological polar surface area (TPSA) is 113 Å². The molecular weight excluding hydrogens is 437 g/mol. The molecule has 3 aromatic rings. The third kappa shape index (κ3) is 3.19. The average molecular weight is 463 g/mol. The number of quaternary nitrogens is 1. The molecule has 8 nitrogen and oxygen atoms in total. The third-order valence-electron chi connectivity index (χ3n) is 6.72. The molecule has 1 unspecified atom stereocenters. The Kier molecular flexibility index (Phi) is 5.73. The maximum absolute atomic E-state index is 15.8. The van der Waals surface area contributed by atoms with Gasteiger partial charge < -0.3 is 16.2 Å². The highest BCUT2D eigenvalue weighted by atomic mass is 19.1. The van der Waals surface area contributed by atoms with Gasteiger partial charge in [0.1, 0.15) is 24.2 Å². The number of hydrogen-bond donors (Lipinski definition) is 2. The van der Waals surface area contributed by atoms with Gasteiger partial charge in [0.25, 0.3) is 5.91 Å². The third-order valence-corrected chi connectivity index (χ3v) is 6.72. The molecule has 1 fully saturated rings. The number of ether oxygens (including phenoxy) is 1. The zero-order valence-electron chi connectivity index (χ0n) is 18.9. The minimum Gasteiger partial charge on any atom is -0.375 e. The Bertz CT molecular complexity index is 1310. The van der Waals surface area contributed by atoms with E-state index in [1.54, 1.807) is 47.3 Å². The number of likely N-dealkylation sites (tertiary alicyclic amines) is 1. The van der Waals surface area contributed by atoms with E-state index < -0.39 is 33.9 Å². The van der Waals surface area contributed by atoms with Gasteiger partial charge in [-0.2, -0.15) is 9.58 Å². The summed E-state index contributed by atoms with van der Waals surface area (Å²) in [5.74, 6) is 0.897. The minimum atomic E-state index is -1.86. The molecule has 0 aliphatic carbocycles. The lowest BCUT2D eigenvalue weighted by molar-refractivity contribution is -0.127. The normalized spacial score (nSPS) is 24.0. The van der Waals surface area contributed by atoms with E-state index in [0.717, 1.165) is 5.69 Å².